The van der Waals surface area contributed by atoms with Crippen molar-refractivity contribution in [2.45, 2.75) is 25.9 Å². The summed E-state index contributed by atoms with van der Waals surface area (Å²) >= 11 is 0. The lowest BCUT2D eigenvalue weighted by molar-refractivity contribution is 0.167. The van der Waals surface area contributed by atoms with Crippen LogP contribution < -0.4 is 0 Å². The summed E-state index contributed by atoms with van der Waals surface area (Å²) in [5.74, 6) is 1.74. The molecule has 1 N–H and O–H groups in total. The first kappa shape index (κ1) is 11.0. The van der Waals surface area contributed by atoms with Gasteiger partial charge >= 0.3 is 0 Å². The molecule has 0 aliphatic heterocycles. The number of rotatable bonds is 4. The van der Waals surface area contributed by atoms with E-state index >= 15 is 0 Å². The topological polar surface area (TPSA) is 33.4 Å². The summed E-state index contributed by atoms with van der Waals surface area (Å²) in [4.78, 5) is 0. The number of hydrogen-bond acceptors (Lipinski definition) is 2. The summed E-state index contributed by atoms with van der Waals surface area (Å²) in [7, 11) is 0. The Bertz CT molecular complexity index is 431. The van der Waals surface area contributed by atoms with Gasteiger partial charge in [-0.05, 0) is 31.0 Å². The van der Waals surface area contributed by atoms with Crippen LogP contribution in [0.15, 0.2) is 46.9 Å². The smallest absolute Gasteiger partial charge is 0.106 e. The predicted molar refractivity (Wildman–Crippen MR) is 63.3 cm³/mol. The lowest BCUT2D eigenvalue weighted by atomic mass is 10.1. The molecule has 1 unspecified atom stereocenters. The first-order valence-electron chi connectivity index (χ1n) is 5.51. The molecule has 2 nitrogen and oxygen atoms in total. The zero-order valence-electron chi connectivity index (χ0n) is 9.39. The molecule has 1 aromatic heterocycles. The van der Waals surface area contributed by atoms with Gasteiger partial charge in [0, 0.05) is 6.42 Å². The lowest BCUT2D eigenvalue weighted by Crippen LogP contribution is -2.13. The molecule has 0 bridgehead atoms. The van der Waals surface area contributed by atoms with Crippen molar-refractivity contribution in [2.24, 2.45) is 0 Å². The summed E-state index contributed by atoms with van der Waals surface area (Å²) in [6.45, 7) is 1.91. The van der Waals surface area contributed by atoms with Crippen LogP contribution in [0.25, 0.3) is 0 Å². The molecule has 0 spiro atoms. The van der Waals surface area contributed by atoms with E-state index in [1.54, 1.807) is 0 Å². The number of benzene rings is 1. The van der Waals surface area contributed by atoms with Gasteiger partial charge in [-0.2, -0.15) is 0 Å². The van der Waals surface area contributed by atoms with Crippen molar-refractivity contribution in [2.75, 3.05) is 0 Å². The van der Waals surface area contributed by atoms with Crippen LogP contribution in [0.1, 0.15) is 17.1 Å². The second kappa shape index (κ2) is 4.99. The molecule has 0 saturated carbocycles. The maximum absolute atomic E-state index is 9.91. The fourth-order valence-corrected chi connectivity index (χ4v) is 1.79. The molecule has 2 rings (SSSR count). The second-order valence-electron chi connectivity index (χ2n) is 4.06. The molecule has 84 valence electrons. The lowest BCUT2D eigenvalue weighted by Gasteiger charge is -2.08. The Kier molecular flexibility index (Phi) is 3.42. The van der Waals surface area contributed by atoms with Crippen molar-refractivity contribution in [1.82, 2.24) is 0 Å². The third-order valence-electron chi connectivity index (χ3n) is 2.55. The van der Waals surface area contributed by atoms with Crippen molar-refractivity contribution >= 4 is 0 Å². The zero-order valence-corrected chi connectivity index (χ0v) is 9.39. The van der Waals surface area contributed by atoms with E-state index in [2.05, 4.69) is 0 Å². The number of aryl methyl sites for hydroxylation is 1. The van der Waals surface area contributed by atoms with Gasteiger partial charge in [0.05, 0.1) is 6.10 Å². The predicted octanol–water partition coefficient (Wildman–Crippen LogP) is 2.73. The van der Waals surface area contributed by atoms with Gasteiger partial charge in [-0.15, -0.1) is 0 Å². The third-order valence-corrected chi connectivity index (χ3v) is 2.55. The molecule has 0 amide bonds. The van der Waals surface area contributed by atoms with Crippen LogP contribution in [0.4, 0.5) is 0 Å². The van der Waals surface area contributed by atoms with Crippen molar-refractivity contribution in [3.63, 3.8) is 0 Å². The third kappa shape index (κ3) is 2.97. The zero-order chi connectivity index (χ0) is 11.4. The summed E-state index contributed by atoms with van der Waals surface area (Å²) in [5.41, 5.74) is 1.15. The van der Waals surface area contributed by atoms with E-state index in [-0.39, 0.29) is 6.10 Å². The molecule has 2 aromatic rings. The molecule has 0 radical (unpaired) electrons. The van der Waals surface area contributed by atoms with E-state index in [0.29, 0.717) is 12.8 Å². The molecule has 1 heterocycles. The Morgan fingerprint density at radius 2 is 1.81 bits per heavy atom. The maximum Gasteiger partial charge on any atom is 0.106 e. The SMILES string of the molecule is Cc1ccc(CC(O)Cc2ccccc2)o1. The number of aliphatic hydroxyl groups is 1. The van der Waals surface area contributed by atoms with Gasteiger partial charge in [-0.1, -0.05) is 30.3 Å². The highest BCUT2D eigenvalue weighted by atomic mass is 16.3. The van der Waals surface area contributed by atoms with E-state index in [0.717, 1.165) is 17.1 Å². The Balaban J connectivity index is 1.92. The normalized spacial score (nSPS) is 12.6. The van der Waals surface area contributed by atoms with E-state index < -0.39 is 0 Å². The number of aliphatic hydroxyl groups excluding tert-OH is 1. The Morgan fingerprint density at radius 3 is 2.44 bits per heavy atom. The van der Waals surface area contributed by atoms with E-state index in [4.69, 9.17) is 4.42 Å². The van der Waals surface area contributed by atoms with Crippen molar-refractivity contribution in [3.05, 3.63) is 59.5 Å². The molecular weight excluding hydrogens is 200 g/mol. The van der Waals surface area contributed by atoms with Crippen molar-refractivity contribution in [1.29, 1.82) is 0 Å². The fourth-order valence-electron chi connectivity index (χ4n) is 1.79. The van der Waals surface area contributed by atoms with Crippen LogP contribution in [0, 0.1) is 6.92 Å². The van der Waals surface area contributed by atoms with Crippen LogP contribution in [0.3, 0.4) is 0 Å². The van der Waals surface area contributed by atoms with Gasteiger partial charge < -0.3 is 9.52 Å². The van der Waals surface area contributed by atoms with E-state index in [9.17, 15) is 5.11 Å². The Morgan fingerprint density at radius 1 is 1.06 bits per heavy atom. The second-order valence-corrected chi connectivity index (χ2v) is 4.06. The molecule has 2 heteroatoms. The van der Waals surface area contributed by atoms with Crippen molar-refractivity contribution < 1.29 is 9.52 Å². The van der Waals surface area contributed by atoms with Gasteiger partial charge in [0.15, 0.2) is 0 Å². The quantitative estimate of drug-likeness (QED) is 0.852. The Hall–Kier alpha value is -1.54. The minimum atomic E-state index is -0.382. The molecule has 0 saturated heterocycles. The van der Waals surface area contributed by atoms with Gasteiger partial charge in [-0.3, -0.25) is 0 Å². The standard InChI is InChI=1S/C14H16O2/c1-11-7-8-14(16-11)10-13(15)9-12-5-3-2-4-6-12/h2-8,13,15H,9-10H2,1H3. The van der Waals surface area contributed by atoms with Crippen LogP contribution in [0.2, 0.25) is 0 Å². The highest BCUT2D eigenvalue weighted by Gasteiger charge is 2.09. The number of furan rings is 1. The number of hydrogen-bond donors (Lipinski definition) is 1. The molecule has 0 aliphatic carbocycles. The maximum atomic E-state index is 9.91. The Labute approximate surface area is 95.5 Å². The molecule has 0 aliphatic rings. The van der Waals surface area contributed by atoms with Crippen LogP contribution in [0.5, 0.6) is 0 Å². The first-order valence-corrected chi connectivity index (χ1v) is 5.51. The average Bonchev–Trinajstić information content (AvgIpc) is 2.65. The van der Waals surface area contributed by atoms with E-state index in [1.807, 2.05) is 49.4 Å². The monoisotopic (exact) mass is 216 g/mol. The van der Waals surface area contributed by atoms with E-state index in [1.165, 1.54) is 0 Å². The van der Waals surface area contributed by atoms with Crippen LogP contribution >= 0.6 is 0 Å². The first-order chi connectivity index (χ1) is 7.74. The van der Waals surface area contributed by atoms with Crippen LogP contribution in [-0.2, 0) is 12.8 Å². The summed E-state index contributed by atoms with van der Waals surface area (Å²) in [5, 5.41) is 9.91. The minimum absolute atomic E-state index is 0.382. The van der Waals surface area contributed by atoms with Gasteiger partial charge in [0.1, 0.15) is 11.5 Å². The largest absolute Gasteiger partial charge is 0.466 e. The highest BCUT2D eigenvalue weighted by molar-refractivity contribution is 5.16. The summed E-state index contributed by atoms with van der Waals surface area (Å²) in [6, 6.07) is 13.8. The molecular formula is C14H16O2. The molecule has 0 fully saturated rings. The average molecular weight is 216 g/mol. The van der Waals surface area contributed by atoms with Gasteiger partial charge in [0.25, 0.3) is 0 Å². The van der Waals surface area contributed by atoms with Crippen molar-refractivity contribution in [3.8, 4) is 0 Å². The van der Waals surface area contributed by atoms with Crippen LogP contribution in [-0.4, -0.2) is 11.2 Å². The van der Waals surface area contributed by atoms with Gasteiger partial charge in [0.2, 0.25) is 0 Å². The minimum Gasteiger partial charge on any atom is -0.466 e. The summed E-state index contributed by atoms with van der Waals surface area (Å²) in [6.07, 6.45) is 0.858. The fraction of sp³-hybridized carbons (Fsp3) is 0.286. The highest BCUT2D eigenvalue weighted by Crippen LogP contribution is 2.11. The molecule has 1 atom stereocenters. The molecule has 1 aromatic carbocycles. The van der Waals surface area contributed by atoms with Gasteiger partial charge in [-0.25, -0.2) is 0 Å². The molecule has 16 heavy (non-hydrogen) atoms. The summed E-state index contributed by atoms with van der Waals surface area (Å²) < 4.78 is 5.43.